The van der Waals surface area contributed by atoms with Gasteiger partial charge in [-0.05, 0) is 37.5 Å². The molecule has 0 aliphatic heterocycles. The minimum Gasteiger partial charge on any atom is -0.486 e. The molecular weight excluding hydrogens is 315 g/mol. The van der Waals surface area contributed by atoms with Gasteiger partial charge in [0.2, 0.25) is 0 Å². The fourth-order valence-corrected chi connectivity index (χ4v) is 1.58. The smallest absolute Gasteiger partial charge is 0.329 e. The quantitative estimate of drug-likeness (QED) is 0.636. The number of rotatable bonds is 4. The van der Waals surface area contributed by atoms with Gasteiger partial charge in [0.05, 0.1) is 0 Å². The zero-order chi connectivity index (χ0) is 11.5. The first-order chi connectivity index (χ1) is 6.92. The minimum absolute atomic E-state index is 0.303. The number of allylic oxidation sites excluding steroid dienone is 2. The van der Waals surface area contributed by atoms with Crippen molar-refractivity contribution >= 4 is 22.6 Å². The first-order valence-corrected chi connectivity index (χ1v) is 5.78. The Hall–Kier alpha value is -0.170. The summed E-state index contributed by atoms with van der Waals surface area (Å²) in [5.74, 6) is 0.855. The van der Waals surface area contributed by atoms with Crippen molar-refractivity contribution in [1.29, 1.82) is 0 Å². The maximum Gasteiger partial charge on any atom is 0.329 e. The van der Waals surface area contributed by atoms with Gasteiger partial charge < -0.3 is 10.5 Å². The van der Waals surface area contributed by atoms with E-state index < -0.39 is 10.5 Å². The number of halogens is 3. The third-order valence-electron chi connectivity index (χ3n) is 2.20. The molecule has 0 aromatic heterocycles. The highest BCUT2D eigenvalue weighted by molar-refractivity contribution is 14.1. The Morgan fingerprint density at radius 1 is 1.67 bits per heavy atom. The minimum atomic E-state index is -2.82. The summed E-state index contributed by atoms with van der Waals surface area (Å²) < 4.78 is 27.3. The van der Waals surface area contributed by atoms with Gasteiger partial charge in [0.15, 0.2) is 6.61 Å². The number of nitrogens with two attached hydrogens (primary N) is 1. The Morgan fingerprint density at radius 2 is 2.33 bits per heavy atom. The highest BCUT2D eigenvalue weighted by atomic mass is 127. The van der Waals surface area contributed by atoms with Crippen LogP contribution in [0.25, 0.3) is 0 Å². The van der Waals surface area contributed by atoms with Crippen molar-refractivity contribution in [2.45, 2.75) is 17.3 Å². The van der Waals surface area contributed by atoms with Crippen LogP contribution in [0.2, 0.25) is 0 Å². The van der Waals surface area contributed by atoms with Crippen LogP contribution >= 0.6 is 22.6 Å². The number of ether oxygens (including phenoxy) is 1. The fourth-order valence-electron chi connectivity index (χ4n) is 1.42. The number of hydrogen-bond donors (Lipinski definition) is 1. The van der Waals surface area contributed by atoms with Gasteiger partial charge in [-0.2, -0.15) is 8.78 Å². The lowest BCUT2D eigenvalue weighted by Gasteiger charge is -2.20. The summed E-state index contributed by atoms with van der Waals surface area (Å²) in [6, 6.07) is 0. The Bertz CT molecular complexity index is 284. The van der Waals surface area contributed by atoms with Crippen LogP contribution in [0, 0.1) is 5.92 Å². The van der Waals surface area contributed by atoms with E-state index in [1.807, 2.05) is 13.0 Å². The van der Waals surface area contributed by atoms with E-state index in [9.17, 15) is 8.78 Å². The molecule has 0 saturated heterocycles. The lowest BCUT2D eigenvalue weighted by Crippen LogP contribution is -2.18. The maximum atomic E-state index is 12.5. The molecule has 0 heterocycles. The van der Waals surface area contributed by atoms with Gasteiger partial charge in [-0.15, -0.1) is 0 Å². The molecule has 1 aliphatic carbocycles. The predicted molar refractivity (Wildman–Crippen MR) is 63.9 cm³/mol. The Balaban J connectivity index is 2.53. The second-order valence-corrected chi connectivity index (χ2v) is 5.19. The van der Waals surface area contributed by atoms with Gasteiger partial charge in [0.1, 0.15) is 5.76 Å². The molecule has 5 heteroatoms. The summed E-state index contributed by atoms with van der Waals surface area (Å²) in [7, 11) is 0. The van der Waals surface area contributed by atoms with E-state index in [-0.39, 0.29) is 0 Å². The van der Waals surface area contributed by atoms with Gasteiger partial charge >= 0.3 is 3.93 Å². The second kappa shape index (κ2) is 5.25. The molecule has 0 radical (unpaired) electrons. The van der Waals surface area contributed by atoms with Crippen molar-refractivity contribution < 1.29 is 13.5 Å². The van der Waals surface area contributed by atoms with Crippen molar-refractivity contribution in [3.63, 3.8) is 0 Å². The molecule has 0 amide bonds. The first kappa shape index (κ1) is 12.9. The molecule has 0 spiro atoms. The van der Waals surface area contributed by atoms with E-state index in [1.165, 1.54) is 0 Å². The van der Waals surface area contributed by atoms with E-state index >= 15 is 0 Å². The molecule has 0 fully saturated rings. The summed E-state index contributed by atoms with van der Waals surface area (Å²) in [6.45, 7) is 1.87. The van der Waals surface area contributed by atoms with E-state index in [4.69, 9.17) is 10.5 Å². The molecule has 1 atom stereocenters. The highest BCUT2D eigenvalue weighted by Gasteiger charge is 2.25. The maximum absolute atomic E-state index is 12.5. The molecule has 0 aromatic rings. The summed E-state index contributed by atoms with van der Waals surface area (Å²) in [5.41, 5.74) is 6.50. The van der Waals surface area contributed by atoms with Gasteiger partial charge in [0.25, 0.3) is 0 Å². The lowest BCUT2D eigenvalue weighted by atomic mass is 9.94. The van der Waals surface area contributed by atoms with Crippen molar-refractivity contribution in [2.75, 3.05) is 13.2 Å². The number of hydrogen-bond acceptors (Lipinski definition) is 2. The zero-order valence-electron chi connectivity index (χ0n) is 8.47. The van der Waals surface area contributed by atoms with Crippen LogP contribution in [0.3, 0.4) is 0 Å². The molecule has 15 heavy (non-hydrogen) atoms. The molecule has 86 valence electrons. The summed E-state index contributed by atoms with van der Waals surface area (Å²) >= 11 is 1.07. The van der Waals surface area contributed by atoms with E-state index in [2.05, 4.69) is 0 Å². The lowest BCUT2D eigenvalue weighted by molar-refractivity contribution is 0.0360. The third kappa shape index (κ3) is 4.46. The summed E-state index contributed by atoms with van der Waals surface area (Å²) in [4.78, 5) is 0. The van der Waals surface area contributed by atoms with Crippen molar-refractivity contribution in [2.24, 2.45) is 11.7 Å². The largest absolute Gasteiger partial charge is 0.486 e. The normalized spacial score (nSPS) is 22.1. The molecular formula is C10H14F2INO. The molecule has 2 N–H and O–H groups in total. The average Bonchev–Trinajstić information content (AvgIpc) is 2.14. The molecule has 0 bridgehead atoms. The fraction of sp³-hybridized carbons (Fsp3) is 0.600. The van der Waals surface area contributed by atoms with E-state index in [0.717, 1.165) is 34.6 Å². The molecule has 0 saturated carbocycles. The van der Waals surface area contributed by atoms with Crippen LogP contribution in [0.15, 0.2) is 23.5 Å². The average molecular weight is 329 g/mol. The standard InChI is InChI=1S/C10H14F2INO/c1-7-4-8(5-14)2-3-9(7)15-6-10(11,12)13/h2-3,8H,4-6,14H2,1H3. The number of alkyl halides is 3. The highest BCUT2D eigenvalue weighted by Crippen LogP contribution is 2.27. The monoisotopic (exact) mass is 329 g/mol. The Kier molecular flexibility index (Phi) is 4.51. The zero-order valence-corrected chi connectivity index (χ0v) is 10.6. The van der Waals surface area contributed by atoms with Crippen molar-refractivity contribution in [1.82, 2.24) is 0 Å². The van der Waals surface area contributed by atoms with Crippen LogP contribution in [-0.2, 0) is 4.74 Å². The van der Waals surface area contributed by atoms with Crippen LogP contribution < -0.4 is 5.73 Å². The molecule has 1 unspecified atom stereocenters. The summed E-state index contributed by atoms with van der Waals surface area (Å²) in [5, 5.41) is 0. The van der Waals surface area contributed by atoms with Crippen molar-refractivity contribution in [3.05, 3.63) is 23.5 Å². The van der Waals surface area contributed by atoms with Crippen molar-refractivity contribution in [3.8, 4) is 0 Å². The van der Waals surface area contributed by atoms with E-state index in [1.54, 1.807) is 6.08 Å². The van der Waals surface area contributed by atoms with Crippen LogP contribution in [0.1, 0.15) is 13.3 Å². The van der Waals surface area contributed by atoms with Crippen LogP contribution in [-0.4, -0.2) is 17.1 Å². The van der Waals surface area contributed by atoms with Crippen LogP contribution in [0.5, 0.6) is 0 Å². The predicted octanol–water partition coefficient (Wildman–Crippen LogP) is 2.84. The van der Waals surface area contributed by atoms with Crippen LogP contribution in [0.4, 0.5) is 8.78 Å². The Labute approximate surface area is 102 Å². The molecule has 2 nitrogen and oxygen atoms in total. The molecule has 1 rings (SSSR count). The Morgan fingerprint density at radius 3 is 2.80 bits per heavy atom. The van der Waals surface area contributed by atoms with Gasteiger partial charge in [0, 0.05) is 22.6 Å². The van der Waals surface area contributed by atoms with E-state index in [0.29, 0.717) is 18.2 Å². The van der Waals surface area contributed by atoms with Gasteiger partial charge in [-0.1, -0.05) is 6.08 Å². The van der Waals surface area contributed by atoms with Gasteiger partial charge in [-0.25, -0.2) is 0 Å². The second-order valence-electron chi connectivity index (χ2n) is 3.61. The summed E-state index contributed by atoms with van der Waals surface area (Å²) in [6.07, 6.45) is 4.43. The third-order valence-corrected chi connectivity index (χ3v) is 2.51. The SMILES string of the molecule is CC1=C(OCC(F)(F)I)C=CC(CN)C1. The molecule has 1 aliphatic rings. The molecule has 0 aromatic carbocycles. The van der Waals surface area contributed by atoms with Gasteiger partial charge in [-0.3, -0.25) is 0 Å². The topological polar surface area (TPSA) is 35.2 Å². The first-order valence-electron chi connectivity index (χ1n) is 4.70.